The van der Waals surface area contributed by atoms with Crippen LogP contribution in [0.2, 0.25) is 0 Å². The van der Waals surface area contributed by atoms with E-state index in [4.69, 9.17) is 4.74 Å². The van der Waals surface area contributed by atoms with Crippen molar-refractivity contribution in [2.75, 3.05) is 7.11 Å². The standard InChI is InChI=1S/C18H18O3.C2H6/c1-18(2,17(20)21-3)16(19)15-11-9-14(10-12-15)13-7-5-4-6-8-13;1-2/h4-12H,1-3H3;1-2H3. The Kier molecular flexibility index (Phi) is 6.70. The molecule has 2 rings (SSSR count). The highest BCUT2D eigenvalue weighted by Gasteiger charge is 2.37. The summed E-state index contributed by atoms with van der Waals surface area (Å²) in [5, 5.41) is 0. The number of hydrogen-bond acceptors (Lipinski definition) is 3. The van der Waals surface area contributed by atoms with E-state index in [1.54, 1.807) is 26.0 Å². The van der Waals surface area contributed by atoms with Crippen LogP contribution in [0, 0.1) is 5.41 Å². The van der Waals surface area contributed by atoms with Crippen molar-refractivity contribution in [2.45, 2.75) is 27.7 Å². The average Bonchev–Trinajstić information content (AvgIpc) is 2.62. The maximum Gasteiger partial charge on any atom is 0.319 e. The van der Waals surface area contributed by atoms with E-state index in [0.717, 1.165) is 11.1 Å². The smallest absolute Gasteiger partial charge is 0.319 e. The van der Waals surface area contributed by atoms with E-state index in [9.17, 15) is 9.59 Å². The second-order valence-corrected chi connectivity index (χ2v) is 5.39. The van der Waals surface area contributed by atoms with Gasteiger partial charge in [0.1, 0.15) is 5.41 Å². The number of ether oxygens (including phenoxy) is 1. The fourth-order valence-electron chi connectivity index (χ4n) is 2.15. The molecule has 0 fully saturated rings. The molecule has 0 atom stereocenters. The third-order valence-corrected chi connectivity index (χ3v) is 3.52. The van der Waals surface area contributed by atoms with Gasteiger partial charge in [-0.05, 0) is 25.0 Å². The molecule has 0 heterocycles. The van der Waals surface area contributed by atoms with Crippen LogP contribution in [0.25, 0.3) is 11.1 Å². The van der Waals surface area contributed by atoms with Gasteiger partial charge in [-0.3, -0.25) is 9.59 Å². The van der Waals surface area contributed by atoms with Gasteiger partial charge in [0.25, 0.3) is 0 Å². The molecule has 3 nitrogen and oxygen atoms in total. The topological polar surface area (TPSA) is 43.4 Å². The fraction of sp³-hybridized carbons (Fsp3) is 0.300. The van der Waals surface area contributed by atoms with Gasteiger partial charge in [0, 0.05) is 5.56 Å². The van der Waals surface area contributed by atoms with Crippen molar-refractivity contribution in [2.24, 2.45) is 5.41 Å². The van der Waals surface area contributed by atoms with Crippen molar-refractivity contribution < 1.29 is 14.3 Å². The Morgan fingerprint density at radius 3 is 1.78 bits per heavy atom. The lowest BCUT2D eigenvalue weighted by Gasteiger charge is -2.20. The summed E-state index contributed by atoms with van der Waals surface area (Å²) in [6.45, 7) is 7.15. The Labute approximate surface area is 138 Å². The summed E-state index contributed by atoms with van der Waals surface area (Å²) in [7, 11) is 1.29. The molecule has 0 amide bonds. The third-order valence-electron chi connectivity index (χ3n) is 3.52. The molecule has 0 N–H and O–H groups in total. The van der Waals surface area contributed by atoms with E-state index in [1.165, 1.54) is 7.11 Å². The van der Waals surface area contributed by atoms with Gasteiger partial charge in [-0.25, -0.2) is 0 Å². The van der Waals surface area contributed by atoms with Crippen LogP contribution in [0.5, 0.6) is 0 Å². The summed E-state index contributed by atoms with van der Waals surface area (Å²) in [6.07, 6.45) is 0. The molecule has 3 heteroatoms. The first-order valence-electron chi connectivity index (χ1n) is 7.75. The Bertz CT molecular complexity index is 640. The fourth-order valence-corrected chi connectivity index (χ4v) is 2.15. The molecule has 23 heavy (non-hydrogen) atoms. The molecular weight excluding hydrogens is 288 g/mol. The lowest BCUT2D eigenvalue weighted by Crippen LogP contribution is -2.34. The lowest BCUT2D eigenvalue weighted by atomic mass is 9.84. The average molecular weight is 312 g/mol. The van der Waals surface area contributed by atoms with Gasteiger partial charge in [0.05, 0.1) is 7.11 Å². The number of methoxy groups -OCH3 is 1. The predicted molar refractivity (Wildman–Crippen MR) is 93.4 cm³/mol. The van der Waals surface area contributed by atoms with Crippen molar-refractivity contribution in [3.63, 3.8) is 0 Å². The van der Waals surface area contributed by atoms with Crippen molar-refractivity contribution in [1.82, 2.24) is 0 Å². The largest absolute Gasteiger partial charge is 0.468 e. The zero-order chi connectivity index (χ0) is 17.5. The highest BCUT2D eigenvalue weighted by molar-refractivity contribution is 6.11. The molecule has 2 aromatic rings. The SMILES string of the molecule is CC.COC(=O)C(C)(C)C(=O)c1ccc(-c2ccccc2)cc1. The molecule has 0 bridgehead atoms. The van der Waals surface area contributed by atoms with E-state index in [-0.39, 0.29) is 5.78 Å². The van der Waals surface area contributed by atoms with Gasteiger partial charge in [-0.2, -0.15) is 0 Å². The lowest BCUT2D eigenvalue weighted by molar-refractivity contribution is -0.147. The Morgan fingerprint density at radius 2 is 1.30 bits per heavy atom. The monoisotopic (exact) mass is 312 g/mol. The number of Topliss-reactive ketones (excluding diaryl/α,β-unsaturated/α-hetero) is 1. The summed E-state index contributed by atoms with van der Waals surface area (Å²) >= 11 is 0. The number of carbonyl (C=O) groups excluding carboxylic acids is 2. The van der Waals surface area contributed by atoms with E-state index < -0.39 is 11.4 Å². The minimum atomic E-state index is -1.18. The van der Waals surface area contributed by atoms with Crippen molar-refractivity contribution >= 4 is 11.8 Å². The Morgan fingerprint density at radius 1 is 0.826 bits per heavy atom. The minimum Gasteiger partial charge on any atom is -0.468 e. The number of hydrogen-bond donors (Lipinski definition) is 0. The van der Waals surface area contributed by atoms with Gasteiger partial charge in [0.2, 0.25) is 0 Å². The first-order chi connectivity index (χ1) is 11.0. The van der Waals surface area contributed by atoms with Gasteiger partial charge in [0.15, 0.2) is 5.78 Å². The number of ketones is 1. The van der Waals surface area contributed by atoms with Crippen LogP contribution < -0.4 is 0 Å². The Hall–Kier alpha value is -2.42. The summed E-state index contributed by atoms with van der Waals surface area (Å²) < 4.78 is 4.69. The third kappa shape index (κ3) is 4.28. The van der Waals surface area contributed by atoms with Crippen LogP contribution in [0.15, 0.2) is 54.6 Å². The molecule has 0 spiro atoms. The maximum absolute atomic E-state index is 12.4. The molecule has 0 saturated carbocycles. The second kappa shape index (κ2) is 8.28. The minimum absolute atomic E-state index is 0.242. The molecule has 0 radical (unpaired) electrons. The first-order valence-corrected chi connectivity index (χ1v) is 7.75. The van der Waals surface area contributed by atoms with Crippen LogP contribution in [-0.4, -0.2) is 18.9 Å². The van der Waals surface area contributed by atoms with E-state index in [0.29, 0.717) is 5.56 Å². The second-order valence-electron chi connectivity index (χ2n) is 5.39. The maximum atomic E-state index is 12.4. The van der Waals surface area contributed by atoms with Gasteiger partial charge in [-0.1, -0.05) is 68.4 Å². The molecule has 0 saturated heterocycles. The van der Waals surface area contributed by atoms with Crippen molar-refractivity contribution in [1.29, 1.82) is 0 Å². The van der Waals surface area contributed by atoms with Gasteiger partial charge < -0.3 is 4.74 Å². The van der Waals surface area contributed by atoms with Crippen molar-refractivity contribution in [3.8, 4) is 11.1 Å². The van der Waals surface area contributed by atoms with Crippen LogP contribution in [0.3, 0.4) is 0 Å². The molecule has 0 aliphatic rings. The van der Waals surface area contributed by atoms with E-state index in [2.05, 4.69) is 0 Å². The van der Waals surface area contributed by atoms with Crippen LogP contribution in [-0.2, 0) is 9.53 Å². The van der Waals surface area contributed by atoms with E-state index >= 15 is 0 Å². The molecular formula is C20H24O3. The Balaban J connectivity index is 0.00000127. The number of rotatable bonds is 4. The molecule has 0 aromatic heterocycles. The van der Waals surface area contributed by atoms with Crippen LogP contribution >= 0.6 is 0 Å². The van der Waals surface area contributed by atoms with Crippen LogP contribution in [0.4, 0.5) is 0 Å². The number of benzene rings is 2. The zero-order valence-corrected chi connectivity index (χ0v) is 14.4. The summed E-state index contributed by atoms with van der Waals surface area (Å²) in [5.74, 6) is -0.770. The predicted octanol–water partition coefficient (Wildman–Crippen LogP) is 4.76. The van der Waals surface area contributed by atoms with Gasteiger partial charge >= 0.3 is 5.97 Å². The zero-order valence-electron chi connectivity index (χ0n) is 14.4. The summed E-state index contributed by atoms with van der Waals surface area (Å²) in [4.78, 5) is 24.1. The number of carbonyl (C=O) groups is 2. The molecule has 0 aliphatic heterocycles. The molecule has 0 unspecified atom stereocenters. The highest BCUT2D eigenvalue weighted by Crippen LogP contribution is 2.25. The molecule has 2 aromatic carbocycles. The first kappa shape index (κ1) is 18.6. The van der Waals surface area contributed by atoms with Gasteiger partial charge in [-0.15, -0.1) is 0 Å². The number of esters is 1. The summed E-state index contributed by atoms with van der Waals surface area (Å²) in [5.41, 5.74) is 1.44. The quantitative estimate of drug-likeness (QED) is 0.464. The molecule has 122 valence electrons. The van der Waals surface area contributed by atoms with Crippen LogP contribution in [0.1, 0.15) is 38.1 Å². The van der Waals surface area contributed by atoms with Crippen molar-refractivity contribution in [3.05, 3.63) is 60.2 Å². The highest BCUT2D eigenvalue weighted by atomic mass is 16.5. The van der Waals surface area contributed by atoms with E-state index in [1.807, 2.05) is 56.3 Å². The summed E-state index contributed by atoms with van der Waals surface area (Å²) in [6, 6.07) is 17.2. The normalized spacial score (nSPS) is 10.3. The molecule has 0 aliphatic carbocycles.